The van der Waals surface area contributed by atoms with Crippen molar-refractivity contribution in [1.82, 2.24) is 20.6 Å². The van der Waals surface area contributed by atoms with Crippen LogP contribution in [0.3, 0.4) is 0 Å². The Morgan fingerprint density at radius 3 is 2.36 bits per heavy atom. The van der Waals surface area contributed by atoms with Crippen molar-refractivity contribution in [3.63, 3.8) is 0 Å². The number of ether oxygens (including phenoxy) is 4. The molecule has 3 amide bonds. The zero-order valence-corrected chi connectivity index (χ0v) is 26.9. The number of nitrogens with one attached hydrogen (secondary N) is 3. The number of nitrogen functional groups attached to an aromatic ring is 1. The van der Waals surface area contributed by atoms with Gasteiger partial charge in [-0.2, -0.15) is 9.97 Å². The van der Waals surface area contributed by atoms with Crippen LogP contribution in [-0.2, 0) is 31.8 Å². The average molecular weight is 629 g/mol. The summed E-state index contributed by atoms with van der Waals surface area (Å²) in [4.78, 5) is 45.6. The molecule has 0 fully saturated rings. The highest BCUT2D eigenvalue weighted by molar-refractivity contribution is 5.95. The van der Waals surface area contributed by atoms with Gasteiger partial charge in [0, 0.05) is 25.1 Å². The van der Waals surface area contributed by atoms with Crippen molar-refractivity contribution in [2.75, 3.05) is 57.2 Å². The fraction of sp³-hybridized carbons (Fsp3) is 0.594. The lowest BCUT2D eigenvalue weighted by Gasteiger charge is -2.22. The summed E-state index contributed by atoms with van der Waals surface area (Å²) in [5.74, 6) is -0.00296. The molecule has 1 atom stereocenters. The summed E-state index contributed by atoms with van der Waals surface area (Å²) in [5.41, 5.74) is 8.32. The quantitative estimate of drug-likeness (QED) is 0.201. The maximum absolute atomic E-state index is 12.7. The molecule has 2 aromatic rings. The van der Waals surface area contributed by atoms with E-state index in [0.29, 0.717) is 82.3 Å². The first-order valence-electron chi connectivity index (χ1n) is 15.6. The average Bonchev–Trinajstić information content (AvgIpc) is 2.97. The van der Waals surface area contributed by atoms with E-state index < -0.39 is 11.7 Å². The first kappa shape index (κ1) is 35.5. The van der Waals surface area contributed by atoms with E-state index in [9.17, 15) is 14.4 Å². The molecule has 45 heavy (non-hydrogen) atoms. The van der Waals surface area contributed by atoms with Gasteiger partial charge in [0.2, 0.25) is 5.91 Å². The third-order valence-corrected chi connectivity index (χ3v) is 6.81. The predicted octanol–water partition coefficient (Wildman–Crippen LogP) is 3.66. The fourth-order valence-corrected chi connectivity index (χ4v) is 4.59. The van der Waals surface area contributed by atoms with Crippen LogP contribution in [0.4, 0.5) is 16.3 Å². The third-order valence-electron chi connectivity index (χ3n) is 6.81. The van der Waals surface area contributed by atoms with Crippen LogP contribution in [0.1, 0.15) is 75.0 Å². The molecule has 0 saturated heterocycles. The lowest BCUT2D eigenvalue weighted by molar-refractivity contribution is -0.117. The second kappa shape index (κ2) is 18.1. The summed E-state index contributed by atoms with van der Waals surface area (Å²) in [6, 6.07) is 7.66. The van der Waals surface area contributed by atoms with Crippen LogP contribution >= 0.6 is 0 Å². The maximum Gasteiger partial charge on any atom is 0.407 e. The molecular formula is C32H48N6O7. The van der Waals surface area contributed by atoms with Gasteiger partial charge in [-0.3, -0.25) is 9.59 Å². The number of aromatic nitrogens is 2. The first-order chi connectivity index (χ1) is 21.5. The number of hydrogen-bond acceptors (Lipinski definition) is 10. The van der Waals surface area contributed by atoms with Crippen molar-refractivity contribution in [2.45, 2.75) is 71.8 Å². The standard InChI is InChI=1S/C32H48N6O7/c1-5-6-15-44-30-36-25-12-9-23(21-26(39)37-27(25)28(33)38-30)20-22-7-10-24(11-8-22)29(40)34-13-16-42-18-19-43-17-14-35-31(41)45-32(2,3)4/h7-8,10-11,23H,5-6,9,12-21H2,1-4H3,(H,34,40)(H,35,41)(H,37,39)(H2,33,36,38). The molecule has 0 aliphatic carbocycles. The number of aryl methyl sites for hydroxylation is 1. The number of anilines is 2. The van der Waals surface area contributed by atoms with Crippen LogP contribution in [-0.4, -0.2) is 79.6 Å². The van der Waals surface area contributed by atoms with Gasteiger partial charge in [0.1, 0.15) is 11.3 Å². The van der Waals surface area contributed by atoms with E-state index in [1.807, 2.05) is 12.1 Å². The van der Waals surface area contributed by atoms with Crippen molar-refractivity contribution in [2.24, 2.45) is 5.92 Å². The van der Waals surface area contributed by atoms with Gasteiger partial charge < -0.3 is 40.6 Å². The summed E-state index contributed by atoms with van der Waals surface area (Å²) in [6.45, 7) is 10.1. The highest BCUT2D eigenvalue weighted by Crippen LogP contribution is 2.30. The molecule has 1 aliphatic heterocycles. The summed E-state index contributed by atoms with van der Waals surface area (Å²) in [7, 11) is 0. The van der Waals surface area contributed by atoms with E-state index in [1.165, 1.54) is 0 Å². The van der Waals surface area contributed by atoms with Gasteiger partial charge in [0.05, 0.1) is 38.7 Å². The molecule has 3 rings (SSSR count). The Bertz CT molecular complexity index is 1250. The van der Waals surface area contributed by atoms with E-state index in [4.69, 9.17) is 24.7 Å². The molecule has 0 radical (unpaired) electrons. The third kappa shape index (κ3) is 13.3. The second-order valence-electron chi connectivity index (χ2n) is 11.9. The number of benzene rings is 1. The second-order valence-corrected chi connectivity index (χ2v) is 11.9. The summed E-state index contributed by atoms with van der Waals surface area (Å²) in [6.07, 6.45) is 3.84. The number of nitrogens with zero attached hydrogens (tertiary/aromatic N) is 2. The van der Waals surface area contributed by atoms with Gasteiger partial charge in [0.25, 0.3) is 5.91 Å². The molecule has 1 unspecified atom stereocenters. The highest BCUT2D eigenvalue weighted by atomic mass is 16.6. The first-order valence-corrected chi connectivity index (χ1v) is 15.6. The van der Waals surface area contributed by atoms with Crippen LogP contribution in [0.2, 0.25) is 0 Å². The zero-order chi connectivity index (χ0) is 32.7. The molecule has 0 spiro atoms. The normalized spacial score (nSPS) is 14.8. The van der Waals surface area contributed by atoms with Gasteiger partial charge in [-0.05, 0) is 70.1 Å². The van der Waals surface area contributed by atoms with Crippen LogP contribution in [0.15, 0.2) is 24.3 Å². The van der Waals surface area contributed by atoms with Crippen LogP contribution in [0, 0.1) is 5.92 Å². The number of carbonyl (C=O) groups excluding carboxylic acids is 3. The lowest BCUT2D eigenvalue weighted by atomic mass is 9.89. The van der Waals surface area contributed by atoms with Crippen molar-refractivity contribution >= 4 is 29.4 Å². The molecule has 1 aliphatic rings. The van der Waals surface area contributed by atoms with Gasteiger partial charge >= 0.3 is 12.1 Å². The Morgan fingerprint density at radius 2 is 1.69 bits per heavy atom. The molecule has 0 saturated carbocycles. The monoisotopic (exact) mass is 628 g/mol. The maximum atomic E-state index is 12.7. The summed E-state index contributed by atoms with van der Waals surface area (Å²) < 4.78 is 21.7. The van der Waals surface area contributed by atoms with Crippen molar-refractivity contribution in [1.29, 1.82) is 0 Å². The fourth-order valence-electron chi connectivity index (χ4n) is 4.59. The topological polar surface area (TPSA) is 176 Å². The lowest BCUT2D eigenvalue weighted by Crippen LogP contribution is -2.34. The Morgan fingerprint density at radius 1 is 1.00 bits per heavy atom. The number of unbranched alkanes of at least 4 members (excludes halogenated alkanes) is 1. The predicted molar refractivity (Wildman–Crippen MR) is 170 cm³/mol. The number of amides is 3. The van der Waals surface area contributed by atoms with Crippen molar-refractivity contribution in [3.05, 3.63) is 41.1 Å². The van der Waals surface area contributed by atoms with Crippen molar-refractivity contribution in [3.8, 4) is 6.01 Å². The van der Waals surface area contributed by atoms with E-state index in [-0.39, 0.29) is 29.6 Å². The summed E-state index contributed by atoms with van der Waals surface area (Å²) >= 11 is 0. The molecule has 0 bridgehead atoms. The molecule has 5 N–H and O–H groups in total. The minimum absolute atomic E-state index is 0.0980. The zero-order valence-electron chi connectivity index (χ0n) is 26.9. The SMILES string of the molecule is CCCCOc1nc(N)c2c(n1)CCC(Cc1ccc(C(=O)NCCOCCOCCNC(=O)OC(C)(C)C)cc1)CC(=O)N2. The molecular weight excluding hydrogens is 580 g/mol. The van der Waals surface area contributed by atoms with Crippen LogP contribution in [0.5, 0.6) is 6.01 Å². The Balaban J connectivity index is 1.35. The molecule has 1 aromatic heterocycles. The number of hydrogen-bond donors (Lipinski definition) is 4. The van der Waals surface area contributed by atoms with E-state index in [0.717, 1.165) is 24.8 Å². The molecule has 2 heterocycles. The van der Waals surface area contributed by atoms with E-state index in [2.05, 4.69) is 32.8 Å². The number of rotatable bonds is 16. The van der Waals surface area contributed by atoms with Crippen LogP contribution < -0.4 is 26.4 Å². The molecule has 1 aromatic carbocycles. The Hall–Kier alpha value is -3.97. The van der Waals surface area contributed by atoms with Gasteiger partial charge in [-0.25, -0.2) is 4.79 Å². The molecule has 248 valence electrons. The minimum atomic E-state index is -0.539. The van der Waals surface area contributed by atoms with Crippen molar-refractivity contribution < 1.29 is 33.3 Å². The van der Waals surface area contributed by atoms with Gasteiger partial charge in [0.15, 0.2) is 5.82 Å². The number of nitrogens with two attached hydrogens (primary N) is 1. The number of alkyl carbamates (subject to hydrolysis) is 1. The minimum Gasteiger partial charge on any atom is -0.463 e. The smallest absolute Gasteiger partial charge is 0.407 e. The van der Waals surface area contributed by atoms with E-state index in [1.54, 1.807) is 32.9 Å². The summed E-state index contributed by atoms with van der Waals surface area (Å²) in [5, 5.41) is 8.35. The van der Waals surface area contributed by atoms with Crippen LogP contribution in [0.25, 0.3) is 0 Å². The van der Waals surface area contributed by atoms with E-state index >= 15 is 0 Å². The number of fused-ring (bicyclic) bond motifs is 1. The highest BCUT2D eigenvalue weighted by Gasteiger charge is 2.24. The van der Waals surface area contributed by atoms with Gasteiger partial charge in [-0.1, -0.05) is 25.5 Å². The Kier molecular flexibility index (Phi) is 14.3. The Labute approximate surface area is 265 Å². The molecule has 13 heteroatoms. The van der Waals surface area contributed by atoms with Gasteiger partial charge in [-0.15, -0.1) is 0 Å². The largest absolute Gasteiger partial charge is 0.463 e. The molecule has 13 nitrogen and oxygen atoms in total. The number of carbonyl (C=O) groups is 3.